The van der Waals surface area contributed by atoms with Gasteiger partial charge in [-0.1, -0.05) is 0 Å². The van der Waals surface area contributed by atoms with Crippen molar-refractivity contribution in [1.82, 2.24) is 0 Å². The predicted octanol–water partition coefficient (Wildman–Crippen LogP) is 1.49. The third-order valence-corrected chi connectivity index (χ3v) is 1.68. The maximum Gasteiger partial charge on any atom is 0.188 e. The molecule has 0 N–H and O–H groups in total. The third-order valence-electron chi connectivity index (χ3n) is 1.68. The van der Waals surface area contributed by atoms with Gasteiger partial charge in [0.15, 0.2) is 13.1 Å². The molecule has 0 unspecified atom stereocenters. The molecule has 78 valence electrons. The molecule has 1 aromatic carbocycles. The van der Waals surface area contributed by atoms with Gasteiger partial charge in [-0.05, 0) is 6.07 Å². The maximum atomic E-state index is 13.1. The predicted molar refractivity (Wildman–Crippen MR) is 49.0 cm³/mol. The van der Waals surface area contributed by atoms with Crippen LogP contribution in [0.5, 0.6) is 5.75 Å². The van der Waals surface area contributed by atoms with Gasteiger partial charge in [-0.2, -0.15) is 5.26 Å². The Kier molecular flexibility index (Phi) is 3.77. The average molecular weight is 209 g/mol. The van der Waals surface area contributed by atoms with Crippen LogP contribution in [0.25, 0.3) is 0 Å². The lowest BCUT2D eigenvalue weighted by Crippen LogP contribution is -2.02. The number of methoxy groups -OCH3 is 1. The van der Waals surface area contributed by atoms with E-state index in [1.54, 1.807) is 6.07 Å². The Morgan fingerprint density at radius 1 is 1.60 bits per heavy atom. The van der Waals surface area contributed by atoms with Gasteiger partial charge in [0.25, 0.3) is 0 Å². The highest BCUT2D eigenvalue weighted by atomic mass is 19.1. The summed E-state index contributed by atoms with van der Waals surface area (Å²) in [5, 5.41) is 8.53. The highest BCUT2D eigenvalue weighted by Crippen LogP contribution is 2.21. The van der Waals surface area contributed by atoms with Crippen molar-refractivity contribution in [2.45, 2.75) is 0 Å². The van der Waals surface area contributed by atoms with E-state index in [0.717, 1.165) is 12.1 Å². The average Bonchev–Trinajstić information content (AvgIpc) is 2.26. The Morgan fingerprint density at radius 3 is 2.87 bits per heavy atom. The van der Waals surface area contributed by atoms with Crippen LogP contribution in [0.1, 0.15) is 15.9 Å². The van der Waals surface area contributed by atoms with Gasteiger partial charge in [0.1, 0.15) is 17.6 Å². The molecule has 0 aromatic heterocycles. The molecule has 0 aliphatic carbocycles. The zero-order valence-corrected chi connectivity index (χ0v) is 7.99. The smallest absolute Gasteiger partial charge is 0.188 e. The van der Waals surface area contributed by atoms with Crippen molar-refractivity contribution in [3.63, 3.8) is 0 Å². The number of nitrogens with zero attached hydrogens (tertiary/aromatic N) is 1. The third kappa shape index (κ3) is 2.51. The molecule has 1 rings (SSSR count). The summed E-state index contributed by atoms with van der Waals surface area (Å²) in [6, 6.07) is 3.75. The van der Waals surface area contributed by atoms with Crippen molar-refractivity contribution < 1.29 is 18.7 Å². The molecular weight excluding hydrogens is 201 g/mol. The minimum atomic E-state index is -0.728. The zero-order chi connectivity index (χ0) is 11.3. The molecule has 0 spiro atoms. The Balaban J connectivity index is 3.11. The van der Waals surface area contributed by atoms with Crippen LogP contribution in [0.2, 0.25) is 0 Å². The van der Waals surface area contributed by atoms with Crippen LogP contribution in [-0.2, 0) is 4.74 Å². The van der Waals surface area contributed by atoms with Crippen LogP contribution in [0.4, 0.5) is 4.39 Å². The van der Waals surface area contributed by atoms with Crippen molar-refractivity contribution >= 4 is 6.29 Å². The summed E-state index contributed by atoms with van der Waals surface area (Å²) in [4.78, 5) is 10.6. The Labute approximate surface area is 85.8 Å². The first-order chi connectivity index (χ1) is 7.22. The largest absolute Gasteiger partial charge is 0.467 e. The molecule has 0 saturated heterocycles. The van der Waals surface area contributed by atoms with Crippen molar-refractivity contribution in [3.8, 4) is 11.8 Å². The molecule has 0 saturated carbocycles. The SMILES string of the molecule is COCOc1cc(F)c(C#N)cc1C=O. The summed E-state index contributed by atoms with van der Waals surface area (Å²) >= 11 is 0. The molecular formula is C10H8FNO3. The zero-order valence-electron chi connectivity index (χ0n) is 7.99. The number of aldehydes is 1. The molecule has 0 radical (unpaired) electrons. The van der Waals surface area contributed by atoms with Crippen molar-refractivity contribution in [2.24, 2.45) is 0 Å². The normalized spacial score (nSPS) is 9.40. The molecule has 4 nitrogen and oxygen atoms in total. The van der Waals surface area contributed by atoms with Crippen LogP contribution in [0, 0.1) is 17.1 Å². The van der Waals surface area contributed by atoms with E-state index in [1.807, 2.05) is 0 Å². The molecule has 0 atom stereocenters. The fourth-order valence-electron chi connectivity index (χ4n) is 0.997. The summed E-state index contributed by atoms with van der Waals surface area (Å²) in [7, 11) is 1.40. The Hall–Kier alpha value is -1.93. The lowest BCUT2D eigenvalue weighted by molar-refractivity contribution is 0.0503. The monoisotopic (exact) mass is 209 g/mol. The number of nitriles is 1. The van der Waals surface area contributed by atoms with Gasteiger partial charge in [-0.3, -0.25) is 4.79 Å². The van der Waals surface area contributed by atoms with Gasteiger partial charge in [0.05, 0.1) is 11.1 Å². The van der Waals surface area contributed by atoms with Crippen LogP contribution < -0.4 is 4.74 Å². The van der Waals surface area contributed by atoms with Crippen LogP contribution >= 0.6 is 0 Å². The van der Waals surface area contributed by atoms with E-state index in [0.29, 0.717) is 6.29 Å². The lowest BCUT2D eigenvalue weighted by atomic mass is 10.1. The fourth-order valence-corrected chi connectivity index (χ4v) is 0.997. The number of hydrogen-bond acceptors (Lipinski definition) is 4. The van der Waals surface area contributed by atoms with Crippen LogP contribution in [0.15, 0.2) is 12.1 Å². The van der Waals surface area contributed by atoms with Gasteiger partial charge in [-0.25, -0.2) is 4.39 Å². The fraction of sp³-hybridized carbons (Fsp3) is 0.200. The first-order valence-electron chi connectivity index (χ1n) is 4.03. The second kappa shape index (κ2) is 5.08. The molecule has 5 heteroatoms. The Morgan fingerprint density at radius 2 is 2.33 bits per heavy atom. The van der Waals surface area contributed by atoms with Crippen molar-refractivity contribution in [3.05, 3.63) is 29.1 Å². The maximum absolute atomic E-state index is 13.1. The number of benzene rings is 1. The highest BCUT2D eigenvalue weighted by Gasteiger charge is 2.10. The number of rotatable bonds is 4. The highest BCUT2D eigenvalue weighted by molar-refractivity contribution is 5.80. The number of hydrogen-bond donors (Lipinski definition) is 0. The van der Waals surface area contributed by atoms with Gasteiger partial charge in [-0.15, -0.1) is 0 Å². The minimum Gasteiger partial charge on any atom is -0.467 e. The van der Waals surface area contributed by atoms with E-state index in [1.165, 1.54) is 7.11 Å². The summed E-state index contributed by atoms with van der Waals surface area (Å²) in [5.74, 6) is -0.669. The van der Waals surface area contributed by atoms with E-state index in [-0.39, 0.29) is 23.7 Å². The number of carbonyl (C=O) groups excluding carboxylic acids is 1. The van der Waals surface area contributed by atoms with E-state index in [4.69, 9.17) is 10.00 Å². The minimum absolute atomic E-state index is 0.0587. The first kappa shape index (κ1) is 11.1. The van der Waals surface area contributed by atoms with Crippen molar-refractivity contribution in [2.75, 3.05) is 13.9 Å². The standard InChI is InChI=1S/C10H8FNO3/c1-14-6-15-10-3-9(11)7(4-12)2-8(10)5-13/h2-3,5H,6H2,1H3. The van der Waals surface area contributed by atoms with Crippen molar-refractivity contribution in [1.29, 1.82) is 5.26 Å². The molecule has 0 bridgehead atoms. The summed E-state index contributed by atoms with van der Waals surface area (Å²) < 4.78 is 22.7. The van der Waals surface area contributed by atoms with E-state index < -0.39 is 5.82 Å². The number of carbonyl (C=O) groups is 1. The first-order valence-corrected chi connectivity index (χ1v) is 4.03. The number of halogens is 1. The van der Waals surface area contributed by atoms with E-state index >= 15 is 0 Å². The summed E-state index contributed by atoms with van der Waals surface area (Å²) in [5.41, 5.74) is -0.0770. The summed E-state index contributed by atoms with van der Waals surface area (Å²) in [6.45, 7) is -0.0911. The molecule has 0 heterocycles. The molecule has 0 aliphatic rings. The molecule has 0 fully saturated rings. The Bertz CT molecular complexity index is 412. The lowest BCUT2D eigenvalue weighted by Gasteiger charge is -2.07. The number of ether oxygens (including phenoxy) is 2. The van der Waals surface area contributed by atoms with Gasteiger partial charge >= 0.3 is 0 Å². The van der Waals surface area contributed by atoms with Gasteiger partial charge in [0.2, 0.25) is 0 Å². The second-order valence-corrected chi connectivity index (χ2v) is 2.65. The van der Waals surface area contributed by atoms with Gasteiger partial charge < -0.3 is 9.47 Å². The van der Waals surface area contributed by atoms with E-state index in [9.17, 15) is 9.18 Å². The second-order valence-electron chi connectivity index (χ2n) is 2.65. The molecule has 0 aliphatic heterocycles. The quantitative estimate of drug-likeness (QED) is 0.556. The topological polar surface area (TPSA) is 59.3 Å². The molecule has 1 aromatic rings. The van der Waals surface area contributed by atoms with E-state index in [2.05, 4.69) is 4.74 Å². The summed E-state index contributed by atoms with van der Waals surface area (Å²) in [6.07, 6.45) is 0.491. The van der Waals surface area contributed by atoms with Gasteiger partial charge in [0, 0.05) is 13.2 Å². The van der Waals surface area contributed by atoms with Crippen LogP contribution in [0.3, 0.4) is 0 Å². The molecule has 0 amide bonds. The van der Waals surface area contributed by atoms with Crippen LogP contribution in [-0.4, -0.2) is 20.2 Å². The molecule has 15 heavy (non-hydrogen) atoms.